The molecule has 0 fully saturated rings. The molecular formula is C27H32N2O5S. The third-order valence-corrected chi connectivity index (χ3v) is 7.78. The summed E-state index contributed by atoms with van der Waals surface area (Å²) >= 11 is 0. The lowest BCUT2D eigenvalue weighted by Gasteiger charge is -2.39. The van der Waals surface area contributed by atoms with Crippen molar-refractivity contribution in [2.24, 2.45) is 0 Å². The van der Waals surface area contributed by atoms with Gasteiger partial charge >= 0.3 is 6.09 Å². The van der Waals surface area contributed by atoms with Gasteiger partial charge in [-0.15, -0.1) is 0 Å². The minimum atomic E-state index is -3.81. The van der Waals surface area contributed by atoms with Crippen molar-refractivity contribution >= 4 is 16.1 Å². The molecule has 0 bridgehead atoms. The van der Waals surface area contributed by atoms with Gasteiger partial charge in [-0.05, 0) is 29.7 Å². The molecule has 0 radical (unpaired) electrons. The first-order valence-corrected chi connectivity index (χ1v) is 13.1. The molecule has 8 heteroatoms. The van der Waals surface area contributed by atoms with Crippen molar-refractivity contribution < 1.29 is 23.4 Å². The van der Waals surface area contributed by atoms with Crippen LogP contribution in [0, 0.1) is 0 Å². The van der Waals surface area contributed by atoms with Crippen LogP contribution in [-0.4, -0.2) is 52.7 Å². The Morgan fingerprint density at radius 3 is 1.86 bits per heavy atom. The highest BCUT2D eigenvalue weighted by Crippen LogP contribution is 2.27. The highest BCUT2D eigenvalue weighted by atomic mass is 32.2. The van der Waals surface area contributed by atoms with E-state index in [2.05, 4.69) is 0 Å². The second-order valence-electron chi connectivity index (χ2n) is 8.47. The van der Waals surface area contributed by atoms with E-state index in [9.17, 15) is 23.4 Å². The quantitative estimate of drug-likeness (QED) is 0.358. The number of hydrogen-bond acceptors (Lipinski definition) is 4. The summed E-state index contributed by atoms with van der Waals surface area (Å²) in [5.74, 6) is 0. The Balaban J connectivity index is 1.93. The van der Waals surface area contributed by atoms with E-state index >= 15 is 0 Å². The first kappa shape index (κ1) is 26.4. The maximum Gasteiger partial charge on any atom is 0.409 e. The molecule has 3 aromatic carbocycles. The number of benzene rings is 3. The summed E-state index contributed by atoms with van der Waals surface area (Å²) in [5, 5.41) is 21.9. The molecule has 0 aliphatic heterocycles. The standard InChI is InChI=1S/C27H32N2O5S/c1-2-19-28(35(33,34)25-16-10-5-11-17-25)20-18-27(32,21-23-12-6-3-7-13-23)29(26(30)31)22-24-14-8-4-9-15-24/h3-17,32H,2,18-22H2,1H3,(H,30,31). The van der Waals surface area contributed by atoms with Crippen molar-refractivity contribution in [2.45, 2.75) is 43.4 Å². The number of hydrogen-bond donors (Lipinski definition) is 2. The molecule has 0 heterocycles. The van der Waals surface area contributed by atoms with Crippen LogP contribution in [0.15, 0.2) is 95.9 Å². The SMILES string of the molecule is CCCN(CCC(O)(Cc1ccccc1)N(Cc1ccccc1)C(=O)O)S(=O)(=O)c1ccccc1. The van der Waals surface area contributed by atoms with Crippen LogP contribution in [0.1, 0.15) is 30.9 Å². The average Bonchev–Trinajstić information content (AvgIpc) is 2.86. The van der Waals surface area contributed by atoms with E-state index in [0.29, 0.717) is 6.42 Å². The van der Waals surface area contributed by atoms with Crippen LogP contribution in [0.2, 0.25) is 0 Å². The van der Waals surface area contributed by atoms with E-state index < -0.39 is 21.8 Å². The predicted molar refractivity (Wildman–Crippen MR) is 135 cm³/mol. The zero-order valence-electron chi connectivity index (χ0n) is 19.8. The Morgan fingerprint density at radius 2 is 1.34 bits per heavy atom. The minimum Gasteiger partial charge on any atom is -0.465 e. The summed E-state index contributed by atoms with van der Waals surface area (Å²) in [6.45, 7) is 2.07. The molecule has 35 heavy (non-hydrogen) atoms. The van der Waals surface area contributed by atoms with E-state index in [-0.39, 0.29) is 37.4 Å². The van der Waals surface area contributed by atoms with Crippen molar-refractivity contribution in [3.8, 4) is 0 Å². The van der Waals surface area contributed by atoms with Crippen molar-refractivity contribution in [1.29, 1.82) is 0 Å². The van der Waals surface area contributed by atoms with Crippen LogP contribution in [0.3, 0.4) is 0 Å². The van der Waals surface area contributed by atoms with E-state index in [1.807, 2.05) is 43.3 Å². The Bertz CT molecular complexity index is 1170. The van der Waals surface area contributed by atoms with Crippen molar-refractivity contribution in [2.75, 3.05) is 13.1 Å². The molecule has 3 rings (SSSR count). The zero-order chi connectivity index (χ0) is 25.3. The molecule has 0 aliphatic rings. The van der Waals surface area contributed by atoms with Gasteiger partial charge in [0.25, 0.3) is 0 Å². The molecule has 3 aromatic rings. The molecule has 0 saturated carbocycles. The second kappa shape index (κ2) is 12.0. The lowest BCUT2D eigenvalue weighted by Crippen LogP contribution is -2.54. The number of carbonyl (C=O) groups is 1. The van der Waals surface area contributed by atoms with Crippen molar-refractivity contribution in [1.82, 2.24) is 9.21 Å². The number of rotatable bonds is 12. The molecule has 0 aliphatic carbocycles. The Kier molecular flexibility index (Phi) is 9.03. The molecule has 186 valence electrons. The molecule has 0 saturated heterocycles. The topological polar surface area (TPSA) is 98.2 Å². The van der Waals surface area contributed by atoms with E-state index in [4.69, 9.17) is 0 Å². The monoisotopic (exact) mass is 496 g/mol. The lowest BCUT2D eigenvalue weighted by molar-refractivity contribution is -0.103. The number of carboxylic acid groups (broad SMARTS) is 1. The smallest absolute Gasteiger partial charge is 0.409 e. The Morgan fingerprint density at radius 1 is 0.829 bits per heavy atom. The van der Waals surface area contributed by atoms with Gasteiger partial charge in [-0.3, -0.25) is 4.90 Å². The van der Waals surface area contributed by atoms with Crippen LogP contribution < -0.4 is 0 Å². The number of amides is 1. The molecule has 1 atom stereocenters. The van der Waals surface area contributed by atoms with E-state index in [0.717, 1.165) is 16.0 Å². The van der Waals surface area contributed by atoms with Gasteiger partial charge in [-0.25, -0.2) is 13.2 Å². The van der Waals surface area contributed by atoms with Gasteiger partial charge < -0.3 is 10.2 Å². The predicted octanol–water partition coefficient (Wildman–Crippen LogP) is 4.59. The summed E-state index contributed by atoms with van der Waals surface area (Å²) in [6.07, 6.45) is -0.762. The molecular weight excluding hydrogens is 464 g/mol. The Hall–Kier alpha value is -3.20. The third kappa shape index (κ3) is 6.91. The molecule has 0 spiro atoms. The highest BCUT2D eigenvalue weighted by molar-refractivity contribution is 7.89. The first-order chi connectivity index (χ1) is 16.8. The van der Waals surface area contributed by atoms with Gasteiger partial charge in [0, 0.05) is 25.9 Å². The number of sulfonamides is 1. The summed E-state index contributed by atoms with van der Waals surface area (Å²) in [7, 11) is -3.81. The maximum atomic E-state index is 13.3. The molecule has 7 nitrogen and oxygen atoms in total. The number of aliphatic hydroxyl groups is 1. The van der Waals surface area contributed by atoms with Gasteiger partial charge in [-0.2, -0.15) is 4.31 Å². The van der Waals surface area contributed by atoms with Gasteiger partial charge in [0.05, 0.1) is 11.4 Å². The number of nitrogens with zero attached hydrogens (tertiary/aromatic N) is 2. The van der Waals surface area contributed by atoms with Crippen LogP contribution in [-0.2, 0) is 23.0 Å². The summed E-state index contributed by atoms with van der Waals surface area (Å²) in [6, 6.07) is 26.3. The van der Waals surface area contributed by atoms with Crippen LogP contribution in [0.5, 0.6) is 0 Å². The van der Waals surface area contributed by atoms with Crippen molar-refractivity contribution in [3.05, 3.63) is 102 Å². The van der Waals surface area contributed by atoms with Crippen LogP contribution in [0.4, 0.5) is 4.79 Å². The lowest BCUT2D eigenvalue weighted by atomic mass is 9.97. The van der Waals surface area contributed by atoms with Crippen LogP contribution >= 0.6 is 0 Å². The molecule has 0 aromatic heterocycles. The highest BCUT2D eigenvalue weighted by Gasteiger charge is 2.39. The fourth-order valence-electron chi connectivity index (χ4n) is 4.05. The van der Waals surface area contributed by atoms with E-state index in [1.165, 1.54) is 16.4 Å². The first-order valence-electron chi connectivity index (χ1n) is 11.6. The van der Waals surface area contributed by atoms with Crippen molar-refractivity contribution in [3.63, 3.8) is 0 Å². The Labute approximate surface area is 207 Å². The molecule has 1 unspecified atom stereocenters. The van der Waals surface area contributed by atoms with Gasteiger partial charge in [-0.1, -0.05) is 85.8 Å². The van der Waals surface area contributed by atoms with Crippen LogP contribution in [0.25, 0.3) is 0 Å². The van der Waals surface area contributed by atoms with E-state index in [1.54, 1.807) is 42.5 Å². The largest absolute Gasteiger partial charge is 0.465 e. The van der Waals surface area contributed by atoms with Gasteiger partial charge in [0.15, 0.2) is 0 Å². The average molecular weight is 497 g/mol. The van der Waals surface area contributed by atoms with Gasteiger partial charge in [0.1, 0.15) is 5.72 Å². The zero-order valence-corrected chi connectivity index (χ0v) is 20.6. The summed E-state index contributed by atoms with van der Waals surface area (Å²) in [4.78, 5) is 13.5. The normalized spacial score (nSPS) is 13.3. The summed E-state index contributed by atoms with van der Waals surface area (Å²) < 4.78 is 27.9. The molecule has 1 amide bonds. The summed E-state index contributed by atoms with van der Waals surface area (Å²) in [5.41, 5.74) is -0.354. The second-order valence-corrected chi connectivity index (χ2v) is 10.4. The third-order valence-electron chi connectivity index (χ3n) is 5.86. The minimum absolute atomic E-state index is 0.0261. The fraction of sp³-hybridized carbons (Fsp3) is 0.296. The fourth-order valence-corrected chi connectivity index (χ4v) is 5.60. The molecule has 2 N–H and O–H groups in total. The maximum absolute atomic E-state index is 13.3. The van der Waals surface area contributed by atoms with Gasteiger partial charge in [0.2, 0.25) is 10.0 Å².